The van der Waals surface area contributed by atoms with Crippen LogP contribution in [-0.4, -0.2) is 27.4 Å². The summed E-state index contributed by atoms with van der Waals surface area (Å²) < 4.78 is 10.4. The van der Waals surface area contributed by atoms with Crippen molar-refractivity contribution < 1.29 is 14.6 Å². The fourth-order valence-corrected chi connectivity index (χ4v) is 3.04. The Morgan fingerprint density at radius 1 is 0.839 bits per heavy atom. The van der Waals surface area contributed by atoms with Gasteiger partial charge in [-0.3, -0.25) is 0 Å². The van der Waals surface area contributed by atoms with Crippen molar-refractivity contribution in [2.45, 2.75) is 31.8 Å². The summed E-state index contributed by atoms with van der Waals surface area (Å²) in [6.07, 6.45) is -1.04. The molecule has 0 saturated carbocycles. The Morgan fingerprint density at radius 2 is 1.48 bits per heavy atom. The van der Waals surface area contributed by atoms with Crippen LogP contribution in [0.15, 0.2) is 42.5 Å². The summed E-state index contributed by atoms with van der Waals surface area (Å²) in [5, 5.41) is 10.6. The maximum atomic E-state index is 10.6. The van der Waals surface area contributed by atoms with Gasteiger partial charge < -0.3 is 14.6 Å². The molecule has 0 aliphatic rings. The van der Waals surface area contributed by atoms with Crippen molar-refractivity contribution in [2.24, 2.45) is 0 Å². The van der Waals surface area contributed by atoms with Crippen LogP contribution in [0.1, 0.15) is 22.8 Å². The first-order chi connectivity index (χ1) is 14.8. The summed E-state index contributed by atoms with van der Waals surface area (Å²) in [6.45, 7) is 6.80. The number of ether oxygens (including phenoxy) is 2. The summed E-state index contributed by atoms with van der Waals surface area (Å²) in [6, 6.07) is 13.6. The van der Waals surface area contributed by atoms with E-state index in [1.165, 1.54) is 0 Å². The van der Waals surface area contributed by atoms with Crippen LogP contribution in [0.2, 0.25) is 25.7 Å². The zero-order valence-corrected chi connectivity index (χ0v) is 19.6. The minimum atomic E-state index is -1.21. The fourth-order valence-electron chi connectivity index (χ4n) is 2.42. The lowest BCUT2D eigenvalue weighted by molar-refractivity contribution is 0.237. The van der Waals surface area contributed by atoms with E-state index in [1.807, 2.05) is 24.3 Å². The smallest absolute Gasteiger partial charge is 0.142 e. The molecule has 2 aromatic rings. The molecule has 0 amide bonds. The highest BCUT2D eigenvalue weighted by Gasteiger charge is 2.11. The molecule has 4 heteroatoms. The molecule has 2 aromatic carbocycles. The fraction of sp³-hybridized carbons (Fsp3) is 0.259. The number of hydrogen-bond donors (Lipinski definition) is 1. The molecule has 156 valence electrons. The third-order valence-corrected chi connectivity index (χ3v) is 5.33. The van der Waals surface area contributed by atoms with Crippen LogP contribution in [0.25, 0.3) is 0 Å². The SMILES string of the molecule is COc1ccc(C#CC#CC(O)c2cc(OC)ccc2C#CC#CC[Si](C)(C)C)cc1. The Hall–Kier alpha value is -3.54. The Balaban J connectivity index is 2.21. The third-order valence-electron chi connectivity index (χ3n) is 4.09. The average Bonchev–Trinajstić information content (AvgIpc) is 2.76. The molecule has 2 rings (SSSR count). The van der Waals surface area contributed by atoms with Gasteiger partial charge in [-0.25, -0.2) is 0 Å². The van der Waals surface area contributed by atoms with Gasteiger partial charge in [-0.2, -0.15) is 0 Å². The van der Waals surface area contributed by atoms with Gasteiger partial charge in [0.1, 0.15) is 17.6 Å². The van der Waals surface area contributed by atoms with Crippen molar-refractivity contribution in [3.8, 4) is 58.9 Å². The molecular weight excluding hydrogens is 400 g/mol. The second-order valence-electron chi connectivity index (χ2n) is 7.89. The van der Waals surface area contributed by atoms with Crippen LogP contribution in [0.4, 0.5) is 0 Å². The van der Waals surface area contributed by atoms with Crippen molar-refractivity contribution in [3.05, 3.63) is 59.2 Å². The third kappa shape index (κ3) is 8.38. The molecule has 0 spiro atoms. The van der Waals surface area contributed by atoms with Gasteiger partial charge in [0, 0.05) is 22.7 Å². The molecule has 31 heavy (non-hydrogen) atoms. The molecule has 0 aliphatic carbocycles. The Kier molecular flexibility index (Phi) is 8.88. The van der Waals surface area contributed by atoms with Gasteiger partial charge in [-0.05, 0) is 66.1 Å². The van der Waals surface area contributed by atoms with Gasteiger partial charge in [-0.15, -0.1) is 0 Å². The van der Waals surface area contributed by atoms with Gasteiger partial charge in [0.15, 0.2) is 0 Å². The zero-order valence-electron chi connectivity index (χ0n) is 18.6. The average molecular weight is 427 g/mol. The highest BCUT2D eigenvalue weighted by atomic mass is 28.3. The van der Waals surface area contributed by atoms with Crippen LogP contribution >= 0.6 is 0 Å². The first kappa shape index (κ1) is 23.7. The normalized spacial score (nSPS) is 10.5. The topological polar surface area (TPSA) is 38.7 Å². The first-order valence-corrected chi connectivity index (χ1v) is 13.5. The molecule has 1 unspecified atom stereocenters. The molecule has 0 saturated heterocycles. The lowest BCUT2D eigenvalue weighted by atomic mass is 10.0. The molecule has 0 aromatic heterocycles. The number of aliphatic hydroxyl groups is 1. The second kappa shape index (κ2) is 11.6. The van der Waals surface area contributed by atoms with Crippen molar-refractivity contribution in [1.29, 1.82) is 0 Å². The summed E-state index contributed by atoms with van der Waals surface area (Å²) in [5.74, 6) is 24.5. The van der Waals surface area contributed by atoms with E-state index in [-0.39, 0.29) is 0 Å². The Labute approximate surface area is 186 Å². The van der Waals surface area contributed by atoms with E-state index in [2.05, 4.69) is 67.0 Å². The molecule has 0 bridgehead atoms. The van der Waals surface area contributed by atoms with E-state index in [0.717, 1.165) is 17.4 Å². The van der Waals surface area contributed by atoms with Gasteiger partial charge in [0.25, 0.3) is 0 Å². The second-order valence-corrected chi connectivity index (χ2v) is 13.4. The number of methoxy groups -OCH3 is 2. The molecule has 0 fully saturated rings. The van der Waals surface area contributed by atoms with E-state index in [9.17, 15) is 5.11 Å². The molecule has 0 heterocycles. The van der Waals surface area contributed by atoms with Crippen LogP contribution in [0, 0.1) is 47.4 Å². The van der Waals surface area contributed by atoms with Gasteiger partial charge in [0.05, 0.1) is 22.3 Å². The van der Waals surface area contributed by atoms with Crippen molar-refractivity contribution in [2.75, 3.05) is 14.2 Å². The summed E-state index contributed by atoms with van der Waals surface area (Å²) in [5.41, 5.74) is 2.04. The van der Waals surface area contributed by atoms with Crippen LogP contribution < -0.4 is 9.47 Å². The number of benzene rings is 2. The molecular formula is C27H26O3Si. The number of aliphatic hydroxyl groups excluding tert-OH is 1. The first-order valence-electron chi connectivity index (χ1n) is 9.83. The number of rotatable bonds is 4. The largest absolute Gasteiger partial charge is 0.497 e. The Morgan fingerprint density at radius 3 is 2.13 bits per heavy atom. The molecule has 1 N–H and O–H groups in total. The summed E-state index contributed by atoms with van der Waals surface area (Å²) in [7, 11) is 1.98. The van der Waals surface area contributed by atoms with Crippen LogP contribution in [0.3, 0.4) is 0 Å². The van der Waals surface area contributed by atoms with Crippen LogP contribution in [-0.2, 0) is 0 Å². The van der Waals surface area contributed by atoms with E-state index >= 15 is 0 Å². The minimum absolute atomic E-state index is 0.567. The lowest BCUT2D eigenvalue weighted by Gasteiger charge is -2.09. The van der Waals surface area contributed by atoms with Crippen molar-refractivity contribution in [1.82, 2.24) is 0 Å². The maximum absolute atomic E-state index is 10.6. The molecule has 0 radical (unpaired) electrons. The van der Waals surface area contributed by atoms with Gasteiger partial charge >= 0.3 is 0 Å². The number of hydrogen-bond acceptors (Lipinski definition) is 3. The van der Waals surface area contributed by atoms with E-state index in [1.54, 1.807) is 32.4 Å². The van der Waals surface area contributed by atoms with E-state index < -0.39 is 14.2 Å². The van der Waals surface area contributed by atoms with Crippen LogP contribution in [0.5, 0.6) is 11.5 Å². The Bertz CT molecular complexity index is 1140. The zero-order chi connectivity index (χ0) is 22.7. The highest BCUT2D eigenvalue weighted by Crippen LogP contribution is 2.23. The lowest BCUT2D eigenvalue weighted by Crippen LogP contribution is -2.17. The van der Waals surface area contributed by atoms with Gasteiger partial charge in [-0.1, -0.05) is 43.3 Å². The molecule has 0 aliphatic heterocycles. The molecule has 3 nitrogen and oxygen atoms in total. The van der Waals surface area contributed by atoms with Crippen molar-refractivity contribution in [3.63, 3.8) is 0 Å². The van der Waals surface area contributed by atoms with E-state index in [0.29, 0.717) is 16.9 Å². The van der Waals surface area contributed by atoms with Crippen molar-refractivity contribution >= 4 is 8.07 Å². The predicted octanol–water partition coefficient (Wildman–Crippen LogP) is 4.49. The maximum Gasteiger partial charge on any atom is 0.142 e. The highest BCUT2D eigenvalue weighted by molar-refractivity contribution is 6.76. The quantitative estimate of drug-likeness (QED) is 0.579. The monoisotopic (exact) mass is 426 g/mol. The van der Waals surface area contributed by atoms with E-state index in [4.69, 9.17) is 9.47 Å². The predicted molar refractivity (Wildman–Crippen MR) is 128 cm³/mol. The minimum Gasteiger partial charge on any atom is -0.497 e. The standard InChI is InChI=1S/C27H26O3Si/c1-29-24-17-14-22(15-18-24)11-8-9-13-27(28)26-21-25(30-2)19-16-23(26)12-7-6-10-20-31(3,4)5/h14-19,21,27-28H,20H2,1-5H3. The summed E-state index contributed by atoms with van der Waals surface area (Å²) in [4.78, 5) is 0. The van der Waals surface area contributed by atoms with Gasteiger partial charge in [0.2, 0.25) is 0 Å². The summed E-state index contributed by atoms with van der Waals surface area (Å²) >= 11 is 0. The molecule has 1 atom stereocenters.